The first kappa shape index (κ1) is 51.1. The molecule has 0 spiro atoms. The molecular formula is C46H74N10O6. The molecule has 0 unspecified atom stereocenters. The molecule has 3 rings (SSSR count). The Morgan fingerprint density at radius 1 is 0.581 bits per heavy atom. The number of rotatable bonds is 12. The number of allylic oxidation sites excluding steroid dienone is 10. The van der Waals surface area contributed by atoms with Gasteiger partial charge < -0.3 is 51.2 Å². The number of hydrogen-bond acceptors (Lipinski definition) is 12. The fourth-order valence-corrected chi connectivity index (χ4v) is 6.48. The van der Waals surface area contributed by atoms with Gasteiger partial charge in [-0.2, -0.15) is 0 Å². The SMILES string of the molecule is CC(C)(C)OC(=O)NCC(=O)NCCCN1CCCN=C2C=CC=CC=C2NCCCN(CCCNC(=O)CNC(=O)OC(C)(C)C)CCCNC2=CC=CC=CC2=NCCC1. The normalized spacial score (nSPS) is 17.8. The zero-order valence-corrected chi connectivity index (χ0v) is 38.2. The number of nitrogens with one attached hydrogen (secondary N) is 6. The van der Waals surface area contributed by atoms with Crippen molar-refractivity contribution in [3.05, 3.63) is 72.2 Å². The van der Waals surface area contributed by atoms with Crippen LogP contribution in [-0.2, 0) is 19.1 Å². The topological polar surface area (TPSA) is 190 Å². The summed E-state index contributed by atoms with van der Waals surface area (Å²) in [6, 6.07) is 0. The van der Waals surface area contributed by atoms with Crippen LogP contribution in [0.4, 0.5) is 9.59 Å². The van der Waals surface area contributed by atoms with Gasteiger partial charge in [-0.1, -0.05) is 36.5 Å². The summed E-state index contributed by atoms with van der Waals surface area (Å²) in [7, 11) is 0. The Balaban J connectivity index is 1.60. The average molecular weight is 863 g/mol. The van der Waals surface area contributed by atoms with Gasteiger partial charge in [0.1, 0.15) is 11.2 Å². The summed E-state index contributed by atoms with van der Waals surface area (Å²) >= 11 is 0. The summed E-state index contributed by atoms with van der Waals surface area (Å²) in [5.41, 5.74) is 2.59. The van der Waals surface area contributed by atoms with Crippen molar-refractivity contribution in [3.63, 3.8) is 0 Å². The molecule has 0 atom stereocenters. The van der Waals surface area contributed by atoms with Crippen molar-refractivity contribution in [2.75, 3.05) is 91.6 Å². The zero-order chi connectivity index (χ0) is 45.1. The lowest BCUT2D eigenvalue weighted by Gasteiger charge is -2.24. The summed E-state index contributed by atoms with van der Waals surface area (Å²) in [6.07, 6.45) is 24.3. The highest BCUT2D eigenvalue weighted by molar-refractivity contribution is 6.09. The van der Waals surface area contributed by atoms with Crippen LogP contribution in [0.5, 0.6) is 0 Å². The van der Waals surface area contributed by atoms with Crippen molar-refractivity contribution in [3.8, 4) is 0 Å². The molecule has 0 bridgehead atoms. The van der Waals surface area contributed by atoms with Crippen LogP contribution in [0.3, 0.4) is 0 Å². The van der Waals surface area contributed by atoms with Crippen LogP contribution in [0.25, 0.3) is 0 Å². The molecule has 0 fully saturated rings. The molecule has 0 saturated heterocycles. The molecule has 6 N–H and O–H groups in total. The number of ether oxygens (including phenoxy) is 2. The predicted octanol–water partition coefficient (Wildman–Crippen LogP) is 4.31. The van der Waals surface area contributed by atoms with Crippen LogP contribution in [0, 0.1) is 0 Å². The van der Waals surface area contributed by atoms with E-state index in [1.807, 2.05) is 36.5 Å². The second-order valence-corrected chi connectivity index (χ2v) is 17.3. The van der Waals surface area contributed by atoms with Crippen molar-refractivity contribution in [1.29, 1.82) is 0 Å². The smallest absolute Gasteiger partial charge is 0.408 e. The third-order valence-electron chi connectivity index (χ3n) is 9.32. The highest BCUT2D eigenvalue weighted by Gasteiger charge is 2.18. The van der Waals surface area contributed by atoms with Crippen molar-refractivity contribution >= 4 is 35.4 Å². The number of carbonyl (C=O) groups is 4. The van der Waals surface area contributed by atoms with E-state index in [0.717, 1.165) is 114 Å². The van der Waals surface area contributed by atoms with Crippen molar-refractivity contribution in [2.24, 2.45) is 9.98 Å². The number of alkyl carbamates (subject to hydrolysis) is 2. The lowest BCUT2D eigenvalue weighted by Crippen LogP contribution is -2.40. The Morgan fingerprint density at radius 2 is 0.984 bits per heavy atom. The lowest BCUT2D eigenvalue weighted by molar-refractivity contribution is -0.121. The number of hydrogen-bond donors (Lipinski definition) is 6. The molecule has 1 heterocycles. The second-order valence-electron chi connectivity index (χ2n) is 17.3. The van der Waals surface area contributed by atoms with Crippen LogP contribution in [0.15, 0.2) is 82.1 Å². The third-order valence-corrected chi connectivity index (χ3v) is 9.32. The van der Waals surface area contributed by atoms with E-state index >= 15 is 0 Å². The monoisotopic (exact) mass is 863 g/mol. The predicted molar refractivity (Wildman–Crippen MR) is 248 cm³/mol. The molecule has 0 aromatic rings. The van der Waals surface area contributed by atoms with Crippen molar-refractivity contribution in [2.45, 2.75) is 91.3 Å². The Bertz CT molecular complexity index is 1610. The minimum atomic E-state index is -0.629. The molecule has 4 amide bonds. The van der Waals surface area contributed by atoms with E-state index in [0.29, 0.717) is 26.2 Å². The molecule has 2 aliphatic carbocycles. The minimum Gasteiger partial charge on any atom is -0.444 e. The van der Waals surface area contributed by atoms with Gasteiger partial charge in [0.25, 0.3) is 0 Å². The first-order chi connectivity index (χ1) is 29.7. The van der Waals surface area contributed by atoms with E-state index in [1.165, 1.54) is 0 Å². The summed E-state index contributed by atoms with van der Waals surface area (Å²) in [6.45, 7) is 19.4. The van der Waals surface area contributed by atoms with Crippen LogP contribution in [0.1, 0.15) is 80.1 Å². The number of aliphatic imine (C=N–C) groups is 2. The standard InChI is InChI=1S/C46H74N10O6/c1-45(2,3)61-43(59)53-35-41(57)51-27-17-33-55-29-13-23-47-37-19-9-7-11-21-39(37)49-25-15-31-56(34-18-28-52-42(58)36-54-44(60)62-46(4,5)6)32-16-26-50-40-22-12-8-10-20-38(40)48-24-14-30-55/h7-12,19-22,47-48H,13-18,23-36H2,1-6H3,(H,51,57)(H,52,58)(H,53,59)(H,54,60). The first-order valence-electron chi connectivity index (χ1n) is 22.3. The van der Waals surface area contributed by atoms with E-state index in [9.17, 15) is 19.2 Å². The molecule has 3 aliphatic rings. The van der Waals surface area contributed by atoms with Crippen molar-refractivity contribution < 1.29 is 28.7 Å². The lowest BCUT2D eigenvalue weighted by atomic mass is 10.2. The van der Waals surface area contributed by atoms with Crippen molar-refractivity contribution in [1.82, 2.24) is 41.7 Å². The molecule has 0 aromatic heterocycles. The number of fused-ring (bicyclic) bond motifs is 2. The molecular weight excluding hydrogens is 789 g/mol. The number of amides is 4. The van der Waals surface area contributed by atoms with Gasteiger partial charge in [-0.25, -0.2) is 9.59 Å². The van der Waals surface area contributed by atoms with Gasteiger partial charge in [0, 0.05) is 39.3 Å². The molecule has 0 radical (unpaired) electrons. The maximum absolute atomic E-state index is 12.4. The summed E-state index contributed by atoms with van der Waals surface area (Å²) in [4.78, 5) is 63.5. The van der Waals surface area contributed by atoms with Gasteiger partial charge in [0.2, 0.25) is 11.8 Å². The third kappa shape index (κ3) is 24.3. The average Bonchev–Trinajstić information content (AvgIpc) is 3.57. The largest absolute Gasteiger partial charge is 0.444 e. The fraction of sp³-hybridized carbons (Fsp3) is 0.609. The molecule has 16 heteroatoms. The minimum absolute atomic E-state index is 0.131. The van der Waals surface area contributed by atoms with Gasteiger partial charge in [-0.15, -0.1) is 0 Å². The van der Waals surface area contributed by atoms with Crippen LogP contribution >= 0.6 is 0 Å². The first-order valence-corrected chi connectivity index (χ1v) is 22.3. The van der Waals surface area contributed by atoms with E-state index in [4.69, 9.17) is 19.5 Å². The van der Waals surface area contributed by atoms with E-state index in [-0.39, 0.29) is 24.9 Å². The van der Waals surface area contributed by atoms with Gasteiger partial charge in [0.15, 0.2) is 0 Å². The number of carbonyl (C=O) groups excluding carboxylic acids is 4. The van der Waals surface area contributed by atoms with Gasteiger partial charge in [-0.05, 0) is 144 Å². The second kappa shape index (κ2) is 28.4. The van der Waals surface area contributed by atoms with E-state index in [2.05, 4.69) is 66.0 Å². The number of nitrogens with zero attached hydrogens (tertiary/aromatic N) is 4. The maximum Gasteiger partial charge on any atom is 0.408 e. The summed E-state index contributed by atoms with van der Waals surface area (Å²) in [5.74, 6) is -0.505. The highest BCUT2D eigenvalue weighted by atomic mass is 16.6. The Morgan fingerprint density at radius 3 is 1.39 bits per heavy atom. The molecule has 1 aliphatic heterocycles. The molecule has 16 nitrogen and oxygen atoms in total. The van der Waals surface area contributed by atoms with Crippen LogP contribution in [0.2, 0.25) is 0 Å². The van der Waals surface area contributed by atoms with Crippen LogP contribution < -0.4 is 31.9 Å². The Kier molecular flexibility index (Phi) is 23.4. The van der Waals surface area contributed by atoms with E-state index in [1.54, 1.807) is 41.5 Å². The van der Waals surface area contributed by atoms with Crippen LogP contribution in [-0.4, -0.2) is 148 Å². The summed E-state index contributed by atoms with van der Waals surface area (Å²) in [5, 5.41) is 18.1. The quantitative estimate of drug-likeness (QED) is 0.154. The molecule has 0 saturated carbocycles. The molecule has 344 valence electrons. The highest BCUT2D eigenvalue weighted by Crippen LogP contribution is 2.09. The summed E-state index contributed by atoms with van der Waals surface area (Å²) < 4.78 is 10.4. The molecule has 0 aromatic carbocycles. The zero-order valence-electron chi connectivity index (χ0n) is 38.2. The Hall–Kier alpha value is -5.22. The van der Waals surface area contributed by atoms with Gasteiger partial charge >= 0.3 is 12.2 Å². The van der Waals surface area contributed by atoms with Gasteiger partial charge in [-0.3, -0.25) is 19.6 Å². The van der Waals surface area contributed by atoms with E-state index < -0.39 is 23.4 Å². The van der Waals surface area contributed by atoms with Gasteiger partial charge in [0.05, 0.1) is 35.9 Å². The fourth-order valence-electron chi connectivity index (χ4n) is 6.48. The maximum atomic E-state index is 12.4. The Labute approximate surface area is 369 Å². The molecule has 62 heavy (non-hydrogen) atoms.